The fourth-order valence-corrected chi connectivity index (χ4v) is 3.91. The number of carbonyl (C=O) groups is 2. The zero-order valence-corrected chi connectivity index (χ0v) is 18.0. The van der Waals surface area contributed by atoms with Gasteiger partial charge in [-0.15, -0.1) is 0 Å². The van der Waals surface area contributed by atoms with E-state index in [0.29, 0.717) is 5.69 Å². The van der Waals surface area contributed by atoms with Crippen LogP contribution in [0.3, 0.4) is 0 Å². The molecule has 1 aliphatic rings. The summed E-state index contributed by atoms with van der Waals surface area (Å²) in [5.41, 5.74) is 1.33. The molecular formula is C21H26ClFN4O3. The SMILES string of the molecule is Cc1cc(C(=O)NC2CCC(NC(=O)COc3ccc(Cl)c(F)c3)C[C@@H]2C)n(C)n1. The highest BCUT2D eigenvalue weighted by Crippen LogP contribution is 2.25. The van der Waals surface area contributed by atoms with E-state index in [9.17, 15) is 14.0 Å². The third kappa shape index (κ3) is 5.50. The molecule has 1 aromatic heterocycles. The molecule has 0 saturated heterocycles. The molecule has 1 fully saturated rings. The third-order valence-corrected chi connectivity index (χ3v) is 5.65. The summed E-state index contributed by atoms with van der Waals surface area (Å²) in [6, 6.07) is 5.85. The van der Waals surface area contributed by atoms with Gasteiger partial charge in [-0.3, -0.25) is 14.3 Å². The van der Waals surface area contributed by atoms with E-state index in [0.717, 1.165) is 31.0 Å². The van der Waals surface area contributed by atoms with Gasteiger partial charge in [0.25, 0.3) is 11.8 Å². The van der Waals surface area contributed by atoms with Crippen molar-refractivity contribution >= 4 is 23.4 Å². The second kappa shape index (κ2) is 9.47. The van der Waals surface area contributed by atoms with Gasteiger partial charge in [0.15, 0.2) is 6.61 Å². The summed E-state index contributed by atoms with van der Waals surface area (Å²) in [6.45, 7) is 3.71. The maximum absolute atomic E-state index is 13.4. The Balaban J connectivity index is 1.45. The Morgan fingerprint density at radius 1 is 1.30 bits per heavy atom. The lowest BCUT2D eigenvalue weighted by Gasteiger charge is -2.35. The van der Waals surface area contributed by atoms with E-state index in [1.165, 1.54) is 12.1 Å². The maximum atomic E-state index is 13.4. The lowest BCUT2D eigenvalue weighted by molar-refractivity contribution is -0.124. The molecule has 2 N–H and O–H groups in total. The highest BCUT2D eigenvalue weighted by atomic mass is 35.5. The first-order chi connectivity index (χ1) is 14.2. The first kappa shape index (κ1) is 22.1. The van der Waals surface area contributed by atoms with Gasteiger partial charge in [-0.1, -0.05) is 18.5 Å². The van der Waals surface area contributed by atoms with Gasteiger partial charge in [0.2, 0.25) is 0 Å². The second-order valence-corrected chi connectivity index (χ2v) is 8.20. The lowest BCUT2D eigenvalue weighted by atomic mass is 9.82. The molecule has 0 radical (unpaired) electrons. The molecule has 7 nitrogen and oxygen atoms in total. The van der Waals surface area contributed by atoms with Gasteiger partial charge < -0.3 is 15.4 Å². The molecule has 3 rings (SSSR count). The van der Waals surface area contributed by atoms with Gasteiger partial charge in [0.05, 0.1) is 10.7 Å². The van der Waals surface area contributed by atoms with Crippen molar-refractivity contribution in [3.05, 3.63) is 46.5 Å². The Labute approximate surface area is 179 Å². The molecular weight excluding hydrogens is 411 g/mol. The number of aromatic nitrogens is 2. The van der Waals surface area contributed by atoms with Gasteiger partial charge in [-0.25, -0.2) is 4.39 Å². The normalized spacial score (nSPS) is 21.2. The Kier molecular flexibility index (Phi) is 6.97. The number of nitrogens with zero attached hydrogens (tertiary/aromatic N) is 2. The molecule has 1 aromatic carbocycles. The quantitative estimate of drug-likeness (QED) is 0.729. The Morgan fingerprint density at radius 2 is 2.07 bits per heavy atom. The number of carbonyl (C=O) groups excluding carboxylic acids is 2. The molecule has 2 amide bonds. The summed E-state index contributed by atoms with van der Waals surface area (Å²) in [5, 5.41) is 10.2. The van der Waals surface area contributed by atoms with E-state index >= 15 is 0 Å². The number of aryl methyl sites for hydroxylation is 2. The number of amides is 2. The van der Waals surface area contributed by atoms with Crippen LogP contribution in [-0.2, 0) is 11.8 Å². The maximum Gasteiger partial charge on any atom is 0.269 e. The largest absolute Gasteiger partial charge is 0.484 e. The number of rotatable bonds is 6. The van der Waals surface area contributed by atoms with Crippen LogP contribution < -0.4 is 15.4 Å². The molecule has 30 heavy (non-hydrogen) atoms. The predicted molar refractivity (Wildman–Crippen MR) is 111 cm³/mol. The molecule has 0 aliphatic heterocycles. The van der Waals surface area contributed by atoms with Gasteiger partial charge in [-0.2, -0.15) is 5.10 Å². The number of nitrogens with one attached hydrogen (secondary N) is 2. The second-order valence-electron chi connectivity index (χ2n) is 7.79. The number of ether oxygens (including phenoxy) is 1. The molecule has 2 unspecified atom stereocenters. The summed E-state index contributed by atoms with van der Waals surface area (Å²) >= 11 is 5.63. The van der Waals surface area contributed by atoms with Crippen molar-refractivity contribution < 1.29 is 18.7 Å². The van der Waals surface area contributed by atoms with E-state index in [2.05, 4.69) is 22.7 Å². The minimum atomic E-state index is -0.593. The smallest absolute Gasteiger partial charge is 0.269 e. The average molecular weight is 437 g/mol. The number of halogens is 2. The topological polar surface area (TPSA) is 85.3 Å². The number of hydrogen-bond acceptors (Lipinski definition) is 4. The van der Waals surface area contributed by atoms with Crippen molar-refractivity contribution in [3.8, 4) is 5.75 Å². The summed E-state index contributed by atoms with van der Waals surface area (Å²) in [7, 11) is 1.75. The summed E-state index contributed by atoms with van der Waals surface area (Å²) in [4.78, 5) is 24.7. The standard InChI is InChI=1S/C21H26ClFN4O3/c1-12-8-14(24-20(28)11-30-15-5-6-16(22)17(23)10-15)4-7-18(12)25-21(29)19-9-13(2)26-27(19)3/h5-6,9-10,12,14,18H,4,7-8,11H2,1-3H3,(H,24,28)(H,25,29)/t12-,14?,18?/m0/s1. The zero-order chi connectivity index (χ0) is 21.8. The van der Waals surface area contributed by atoms with E-state index < -0.39 is 5.82 Å². The van der Waals surface area contributed by atoms with Crippen molar-refractivity contribution in [2.45, 2.75) is 45.2 Å². The van der Waals surface area contributed by atoms with Crippen molar-refractivity contribution in [1.29, 1.82) is 0 Å². The molecule has 162 valence electrons. The van der Waals surface area contributed by atoms with Crippen molar-refractivity contribution in [2.75, 3.05) is 6.61 Å². The van der Waals surface area contributed by atoms with Gasteiger partial charge in [0.1, 0.15) is 17.3 Å². The van der Waals surface area contributed by atoms with Crippen LogP contribution in [0.2, 0.25) is 5.02 Å². The number of hydrogen-bond donors (Lipinski definition) is 2. The van der Waals surface area contributed by atoms with E-state index in [4.69, 9.17) is 16.3 Å². The Bertz CT molecular complexity index is 933. The minimum absolute atomic E-state index is 0.00293. The van der Waals surface area contributed by atoms with Crippen molar-refractivity contribution in [1.82, 2.24) is 20.4 Å². The van der Waals surface area contributed by atoms with E-state index in [1.807, 2.05) is 6.92 Å². The summed E-state index contributed by atoms with van der Waals surface area (Å²) in [5.74, 6) is -0.549. The lowest BCUT2D eigenvalue weighted by Crippen LogP contribution is -2.48. The molecule has 1 aliphatic carbocycles. The van der Waals surface area contributed by atoms with Crippen LogP contribution in [0.1, 0.15) is 42.4 Å². The van der Waals surface area contributed by atoms with Crippen LogP contribution in [0.25, 0.3) is 0 Å². The first-order valence-electron chi connectivity index (χ1n) is 9.91. The fourth-order valence-electron chi connectivity index (χ4n) is 3.79. The van der Waals surface area contributed by atoms with Gasteiger partial charge in [0, 0.05) is 25.2 Å². The van der Waals surface area contributed by atoms with Crippen LogP contribution in [-0.4, -0.2) is 40.3 Å². The molecule has 1 saturated carbocycles. The third-order valence-electron chi connectivity index (χ3n) is 5.35. The van der Waals surface area contributed by atoms with Crippen LogP contribution in [0.4, 0.5) is 4.39 Å². The summed E-state index contributed by atoms with van der Waals surface area (Å²) < 4.78 is 20.3. The highest BCUT2D eigenvalue weighted by molar-refractivity contribution is 6.30. The Hall–Kier alpha value is -2.61. The van der Waals surface area contributed by atoms with Crippen LogP contribution in [0.5, 0.6) is 5.75 Å². The molecule has 0 bridgehead atoms. The van der Waals surface area contributed by atoms with Crippen LogP contribution in [0, 0.1) is 18.7 Å². The van der Waals surface area contributed by atoms with Crippen molar-refractivity contribution in [3.63, 3.8) is 0 Å². The van der Waals surface area contributed by atoms with E-state index in [1.54, 1.807) is 17.8 Å². The molecule has 9 heteroatoms. The molecule has 0 spiro atoms. The predicted octanol–water partition coefficient (Wildman–Crippen LogP) is 3.00. The highest BCUT2D eigenvalue weighted by Gasteiger charge is 2.30. The Morgan fingerprint density at radius 3 is 2.70 bits per heavy atom. The van der Waals surface area contributed by atoms with E-state index in [-0.39, 0.29) is 47.2 Å². The number of benzene rings is 1. The minimum Gasteiger partial charge on any atom is -0.484 e. The average Bonchev–Trinajstić information content (AvgIpc) is 3.03. The van der Waals surface area contributed by atoms with Crippen LogP contribution in [0.15, 0.2) is 24.3 Å². The molecule has 3 atom stereocenters. The first-order valence-corrected chi connectivity index (χ1v) is 10.3. The fraction of sp³-hybridized carbons (Fsp3) is 0.476. The summed E-state index contributed by atoms with van der Waals surface area (Å²) in [6.07, 6.45) is 2.26. The van der Waals surface area contributed by atoms with Crippen molar-refractivity contribution in [2.24, 2.45) is 13.0 Å². The monoisotopic (exact) mass is 436 g/mol. The van der Waals surface area contributed by atoms with Gasteiger partial charge in [-0.05, 0) is 50.3 Å². The van der Waals surface area contributed by atoms with Crippen LogP contribution >= 0.6 is 11.6 Å². The van der Waals surface area contributed by atoms with Gasteiger partial charge >= 0.3 is 0 Å². The zero-order valence-electron chi connectivity index (χ0n) is 17.2. The molecule has 1 heterocycles. The molecule has 2 aromatic rings.